The maximum absolute atomic E-state index is 6.30. The summed E-state index contributed by atoms with van der Waals surface area (Å²) in [7, 11) is 1.81. The van der Waals surface area contributed by atoms with Crippen LogP contribution in [0, 0.1) is 0 Å². The summed E-state index contributed by atoms with van der Waals surface area (Å²) in [5, 5.41) is 0. The zero-order chi connectivity index (χ0) is 15.5. The highest BCUT2D eigenvalue weighted by Gasteiger charge is 2.37. The van der Waals surface area contributed by atoms with Gasteiger partial charge in [0, 0.05) is 17.5 Å². The zero-order valence-corrected chi connectivity index (χ0v) is 14.2. The topological polar surface area (TPSA) is 35.2 Å². The van der Waals surface area contributed by atoms with E-state index in [2.05, 4.69) is 32.9 Å². The lowest BCUT2D eigenvalue weighted by atomic mass is 9.66. The van der Waals surface area contributed by atoms with Crippen molar-refractivity contribution in [2.45, 2.75) is 70.6 Å². The lowest BCUT2D eigenvalue weighted by Crippen LogP contribution is -2.38. The summed E-state index contributed by atoms with van der Waals surface area (Å²) in [6, 6.07) is 4.55. The van der Waals surface area contributed by atoms with Gasteiger partial charge in [0.2, 0.25) is 0 Å². The second-order valence-corrected chi connectivity index (χ2v) is 6.78. The molecule has 0 atom stereocenters. The fourth-order valence-electron chi connectivity index (χ4n) is 3.97. The highest BCUT2D eigenvalue weighted by Crippen LogP contribution is 2.47. The van der Waals surface area contributed by atoms with Gasteiger partial charge >= 0.3 is 0 Å². The first-order valence-corrected chi connectivity index (χ1v) is 8.50. The molecule has 0 saturated heterocycles. The zero-order valence-electron chi connectivity index (χ0n) is 14.2. The number of nitrogens with two attached hydrogens (primary N) is 1. The van der Waals surface area contributed by atoms with E-state index in [1.807, 2.05) is 7.11 Å². The Hall–Kier alpha value is -1.02. The van der Waals surface area contributed by atoms with Gasteiger partial charge in [-0.2, -0.15) is 0 Å². The molecule has 0 bridgehead atoms. The molecule has 21 heavy (non-hydrogen) atoms. The summed E-state index contributed by atoms with van der Waals surface area (Å²) in [5.41, 5.74) is 10.6. The molecule has 0 unspecified atom stereocenters. The molecule has 0 radical (unpaired) electrons. The number of aryl methyl sites for hydroxylation is 1. The van der Waals surface area contributed by atoms with Crippen LogP contribution in [-0.4, -0.2) is 13.7 Å². The molecular weight excluding hydrogens is 258 g/mol. The first kappa shape index (κ1) is 16.4. The maximum atomic E-state index is 6.30. The SMILES string of the molecule is CCc1ccc(C(C)C)c(C2(CN)CCCCC2)c1OC. The predicted molar refractivity (Wildman–Crippen MR) is 90.3 cm³/mol. The van der Waals surface area contributed by atoms with Crippen LogP contribution in [-0.2, 0) is 11.8 Å². The highest BCUT2D eigenvalue weighted by molar-refractivity contribution is 5.52. The maximum Gasteiger partial charge on any atom is 0.126 e. The molecule has 0 heterocycles. The number of benzene rings is 1. The van der Waals surface area contributed by atoms with Gasteiger partial charge in [0.15, 0.2) is 0 Å². The molecule has 2 nitrogen and oxygen atoms in total. The van der Waals surface area contributed by atoms with Gasteiger partial charge in [0.05, 0.1) is 7.11 Å². The van der Waals surface area contributed by atoms with Crippen molar-refractivity contribution in [3.05, 3.63) is 28.8 Å². The molecule has 1 saturated carbocycles. The molecular formula is C19H31NO. The molecule has 1 aromatic rings. The molecule has 1 aliphatic rings. The van der Waals surface area contributed by atoms with Crippen LogP contribution in [0.4, 0.5) is 0 Å². The van der Waals surface area contributed by atoms with Crippen LogP contribution in [0.5, 0.6) is 5.75 Å². The average Bonchev–Trinajstić information content (AvgIpc) is 2.53. The third kappa shape index (κ3) is 2.96. The second kappa shape index (κ2) is 6.83. The summed E-state index contributed by atoms with van der Waals surface area (Å²) in [6.07, 6.45) is 7.33. The minimum Gasteiger partial charge on any atom is -0.496 e. The number of hydrogen-bond donors (Lipinski definition) is 1. The van der Waals surface area contributed by atoms with Crippen molar-refractivity contribution in [3.8, 4) is 5.75 Å². The van der Waals surface area contributed by atoms with E-state index in [0.29, 0.717) is 5.92 Å². The smallest absolute Gasteiger partial charge is 0.126 e. The van der Waals surface area contributed by atoms with Crippen molar-refractivity contribution in [1.29, 1.82) is 0 Å². The van der Waals surface area contributed by atoms with Crippen molar-refractivity contribution in [1.82, 2.24) is 0 Å². The van der Waals surface area contributed by atoms with Crippen LogP contribution < -0.4 is 10.5 Å². The van der Waals surface area contributed by atoms with Crippen molar-refractivity contribution < 1.29 is 4.74 Å². The molecule has 2 N–H and O–H groups in total. The van der Waals surface area contributed by atoms with Gasteiger partial charge in [-0.05, 0) is 36.3 Å². The van der Waals surface area contributed by atoms with Crippen LogP contribution in [0.3, 0.4) is 0 Å². The third-order valence-electron chi connectivity index (χ3n) is 5.21. The molecule has 2 rings (SSSR count). The molecule has 0 aliphatic heterocycles. The van der Waals surface area contributed by atoms with Gasteiger partial charge < -0.3 is 10.5 Å². The van der Waals surface area contributed by atoms with Gasteiger partial charge in [-0.3, -0.25) is 0 Å². The monoisotopic (exact) mass is 289 g/mol. The van der Waals surface area contributed by atoms with E-state index in [0.717, 1.165) is 18.7 Å². The quantitative estimate of drug-likeness (QED) is 0.863. The van der Waals surface area contributed by atoms with E-state index in [9.17, 15) is 0 Å². The van der Waals surface area contributed by atoms with Gasteiger partial charge in [-0.1, -0.05) is 52.2 Å². The Balaban J connectivity index is 2.67. The van der Waals surface area contributed by atoms with Gasteiger partial charge in [0.25, 0.3) is 0 Å². The summed E-state index contributed by atoms with van der Waals surface area (Å²) in [6.45, 7) is 7.48. The molecule has 1 fully saturated rings. The van der Waals surface area contributed by atoms with Crippen LogP contribution in [0.2, 0.25) is 0 Å². The largest absolute Gasteiger partial charge is 0.496 e. The van der Waals surface area contributed by atoms with Crippen molar-refractivity contribution in [3.63, 3.8) is 0 Å². The van der Waals surface area contributed by atoms with Crippen LogP contribution in [0.1, 0.15) is 75.5 Å². The summed E-state index contributed by atoms with van der Waals surface area (Å²) >= 11 is 0. The molecule has 1 aromatic carbocycles. The summed E-state index contributed by atoms with van der Waals surface area (Å²) in [4.78, 5) is 0. The summed E-state index contributed by atoms with van der Waals surface area (Å²) in [5.74, 6) is 1.61. The van der Waals surface area contributed by atoms with Gasteiger partial charge in [0.1, 0.15) is 5.75 Å². The highest BCUT2D eigenvalue weighted by atomic mass is 16.5. The van der Waals surface area contributed by atoms with E-state index < -0.39 is 0 Å². The van der Waals surface area contributed by atoms with E-state index in [1.54, 1.807) is 0 Å². The number of ether oxygens (including phenoxy) is 1. The van der Waals surface area contributed by atoms with E-state index in [-0.39, 0.29) is 5.41 Å². The first-order chi connectivity index (χ1) is 10.1. The number of methoxy groups -OCH3 is 1. The van der Waals surface area contributed by atoms with Crippen LogP contribution in [0.15, 0.2) is 12.1 Å². The lowest BCUT2D eigenvalue weighted by Gasteiger charge is -2.40. The Morgan fingerprint density at radius 1 is 1.19 bits per heavy atom. The predicted octanol–water partition coefficient (Wildman–Crippen LogP) is 4.54. The standard InChI is InChI=1S/C19H31NO/c1-5-15-9-10-16(14(2)3)17(18(15)21-4)19(13-20)11-7-6-8-12-19/h9-10,14H,5-8,11-13,20H2,1-4H3. The molecule has 0 spiro atoms. The van der Waals surface area contributed by atoms with Crippen molar-refractivity contribution >= 4 is 0 Å². The van der Waals surface area contributed by atoms with Gasteiger partial charge in [-0.25, -0.2) is 0 Å². The fourth-order valence-corrected chi connectivity index (χ4v) is 3.97. The third-order valence-corrected chi connectivity index (χ3v) is 5.21. The number of hydrogen-bond acceptors (Lipinski definition) is 2. The fraction of sp³-hybridized carbons (Fsp3) is 0.684. The molecule has 2 heteroatoms. The molecule has 0 amide bonds. The average molecular weight is 289 g/mol. The Bertz CT molecular complexity index is 473. The molecule has 118 valence electrons. The second-order valence-electron chi connectivity index (χ2n) is 6.78. The Morgan fingerprint density at radius 2 is 1.86 bits per heavy atom. The minimum absolute atomic E-state index is 0.119. The Kier molecular flexibility index (Phi) is 5.32. The van der Waals surface area contributed by atoms with E-state index in [4.69, 9.17) is 10.5 Å². The summed E-state index contributed by atoms with van der Waals surface area (Å²) < 4.78 is 5.88. The van der Waals surface area contributed by atoms with Crippen molar-refractivity contribution in [2.75, 3.05) is 13.7 Å². The van der Waals surface area contributed by atoms with Crippen LogP contribution in [0.25, 0.3) is 0 Å². The number of rotatable bonds is 5. The van der Waals surface area contributed by atoms with E-state index >= 15 is 0 Å². The Labute approximate surface area is 130 Å². The lowest BCUT2D eigenvalue weighted by molar-refractivity contribution is 0.284. The first-order valence-electron chi connectivity index (χ1n) is 8.50. The minimum atomic E-state index is 0.119. The van der Waals surface area contributed by atoms with E-state index in [1.165, 1.54) is 48.8 Å². The molecule has 0 aromatic heterocycles. The van der Waals surface area contributed by atoms with Crippen LogP contribution >= 0.6 is 0 Å². The van der Waals surface area contributed by atoms with Gasteiger partial charge in [-0.15, -0.1) is 0 Å². The normalized spacial score (nSPS) is 18.0. The Morgan fingerprint density at radius 3 is 2.33 bits per heavy atom. The molecule has 1 aliphatic carbocycles. The van der Waals surface area contributed by atoms with Crippen molar-refractivity contribution in [2.24, 2.45) is 5.73 Å².